The first-order valence-electron chi connectivity index (χ1n) is 4.51. The molecule has 0 heterocycles. The summed E-state index contributed by atoms with van der Waals surface area (Å²) in [4.78, 5) is 0. The molecule has 0 spiro atoms. The lowest BCUT2D eigenvalue weighted by molar-refractivity contribution is 0.155. The zero-order valence-corrected chi connectivity index (χ0v) is 9.78. The molecule has 0 amide bonds. The topological polar surface area (TPSA) is 49.3 Å². The van der Waals surface area contributed by atoms with E-state index in [2.05, 4.69) is 5.32 Å². The summed E-state index contributed by atoms with van der Waals surface area (Å²) in [6.07, 6.45) is 1.70. The van der Waals surface area contributed by atoms with Gasteiger partial charge in [0.25, 0.3) is 0 Å². The maximum atomic E-state index is 10.9. The van der Waals surface area contributed by atoms with Crippen LogP contribution >= 0.6 is 0 Å². The van der Waals surface area contributed by atoms with Gasteiger partial charge in [-0.25, -0.2) is 0 Å². The molecule has 0 aliphatic carbocycles. The minimum atomic E-state index is -0.751. The zero-order valence-electron chi connectivity index (χ0n) is 8.96. The first kappa shape index (κ1) is 13.1. The van der Waals surface area contributed by atoms with Crippen LogP contribution < -0.4 is 5.32 Å². The molecule has 2 atom stereocenters. The predicted octanol–water partition coefficient (Wildman–Crippen LogP) is 0.361. The van der Waals surface area contributed by atoms with Gasteiger partial charge >= 0.3 is 0 Å². The summed E-state index contributed by atoms with van der Waals surface area (Å²) in [7, 11) is -0.751. The van der Waals surface area contributed by atoms with Crippen LogP contribution in [0.3, 0.4) is 0 Å². The Balaban J connectivity index is 3.69. The summed E-state index contributed by atoms with van der Waals surface area (Å²) in [5, 5.41) is 12.2. The van der Waals surface area contributed by atoms with E-state index in [9.17, 15) is 4.21 Å². The van der Waals surface area contributed by atoms with Gasteiger partial charge in [-0.2, -0.15) is 0 Å². The van der Waals surface area contributed by atoms with Gasteiger partial charge in [0.15, 0.2) is 0 Å². The van der Waals surface area contributed by atoms with E-state index in [0.717, 1.165) is 6.54 Å². The van der Waals surface area contributed by atoms with Crippen molar-refractivity contribution in [3.63, 3.8) is 0 Å². The fourth-order valence-corrected chi connectivity index (χ4v) is 1.74. The highest BCUT2D eigenvalue weighted by Crippen LogP contribution is 2.11. The van der Waals surface area contributed by atoms with Gasteiger partial charge in [0.1, 0.15) is 0 Å². The summed E-state index contributed by atoms with van der Waals surface area (Å²) in [6, 6.07) is 0.247. The first-order valence-corrected chi connectivity index (χ1v) is 6.24. The van der Waals surface area contributed by atoms with Crippen molar-refractivity contribution in [1.29, 1.82) is 0 Å². The molecule has 0 saturated carbocycles. The summed E-state index contributed by atoms with van der Waals surface area (Å²) in [6.45, 7) is 6.92. The Morgan fingerprint density at radius 1 is 1.54 bits per heavy atom. The smallest absolute Gasteiger partial charge is 0.0494 e. The third-order valence-corrected chi connectivity index (χ3v) is 2.81. The number of nitrogens with one attached hydrogen (secondary N) is 1. The summed E-state index contributed by atoms with van der Waals surface area (Å²) in [5.74, 6) is 0.668. The van der Waals surface area contributed by atoms with Crippen LogP contribution in [0.25, 0.3) is 0 Å². The van der Waals surface area contributed by atoms with Crippen molar-refractivity contribution in [3.8, 4) is 0 Å². The number of hydrogen-bond acceptors (Lipinski definition) is 3. The van der Waals surface area contributed by atoms with Gasteiger partial charge in [-0.15, -0.1) is 0 Å². The highest BCUT2D eigenvalue weighted by atomic mass is 32.2. The Hall–Kier alpha value is 0.0700. The van der Waals surface area contributed by atoms with Crippen LogP contribution in [0.5, 0.6) is 0 Å². The number of aliphatic hydroxyl groups excluding tert-OH is 1. The highest BCUT2D eigenvalue weighted by Gasteiger charge is 2.17. The second kappa shape index (κ2) is 5.73. The lowest BCUT2D eigenvalue weighted by Crippen LogP contribution is -2.39. The molecule has 0 radical (unpaired) electrons. The van der Waals surface area contributed by atoms with Crippen LogP contribution in [-0.4, -0.2) is 40.5 Å². The average molecular weight is 207 g/mol. The molecule has 4 heteroatoms. The summed E-state index contributed by atoms with van der Waals surface area (Å²) in [5.41, 5.74) is -0.0938. The normalized spacial score (nSPS) is 17.0. The van der Waals surface area contributed by atoms with Crippen molar-refractivity contribution in [1.82, 2.24) is 5.32 Å². The van der Waals surface area contributed by atoms with Gasteiger partial charge in [0.2, 0.25) is 0 Å². The van der Waals surface area contributed by atoms with E-state index in [1.165, 1.54) is 0 Å². The molecule has 0 bridgehead atoms. The molecule has 80 valence electrons. The van der Waals surface area contributed by atoms with E-state index in [1.807, 2.05) is 20.8 Å². The molecule has 0 aromatic heterocycles. The van der Waals surface area contributed by atoms with Crippen LogP contribution in [0.2, 0.25) is 0 Å². The van der Waals surface area contributed by atoms with Crippen LogP contribution in [0.4, 0.5) is 0 Å². The van der Waals surface area contributed by atoms with Crippen molar-refractivity contribution in [2.45, 2.75) is 26.8 Å². The molecule has 0 rings (SSSR count). The fraction of sp³-hybridized carbons (Fsp3) is 1.00. The molecule has 0 aromatic carbocycles. The van der Waals surface area contributed by atoms with Crippen molar-refractivity contribution in [2.24, 2.45) is 5.41 Å². The highest BCUT2D eigenvalue weighted by molar-refractivity contribution is 7.84. The van der Waals surface area contributed by atoms with E-state index in [4.69, 9.17) is 5.11 Å². The van der Waals surface area contributed by atoms with Crippen LogP contribution in [0, 0.1) is 5.41 Å². The molecule has 0 aromatic rings. The Bertz CT molecular complexity index is 171. The van der Waals surface area contributed by atoms with Crippen molar-refractivity contribution in [3.05, 3.63) is 0 Å². The lowest BCUT2D eigenvalue weighted by atomic mass is 9.95. The molecule has 3 nitrogen and oxygen atoms in total. The van der Waals surface area contributed by atoms with Crippen LogP contribution in [0.15, 0.2) is 0 Å². The monoisotopic (exact) mass is 207 g/mol. The quantitative estimate of drug-likeness (QED) is 0.661. The Morgan fingerprint density at radius 2 is 2.08 bits per heavy atom. The van der Waals surface area contributed by atoms with E-state index in [-0.39, 0.29) is 18.1 Å². The lowest BCUT2D eigenvalue weighted by Gasteiger charge is -2.24. The minimum absolute atomic E-state index is 0.0938. The van der Waals surface area contributed by atoms with Gasteiger partial charge in [-0.05, 0) is 6.92 Å². The predicted molar refractivity (Wildman–Crippen MR) is 57.3 cm³/mol. The third kappa shape index (κ3) is 7.16. The van der Waals surface area contributed by atoms with Gasteiger partial charge in [-0.3, -0.25) is 4.21 Å². The van der Waals surface area contributed by atoms with Gasteiger partial charge in [0, 0.05) is 47.4 Å². The molecular weight excluding hydrogens is 186 g/mol. The summed E-state index contributed by atoms with van der Waals surface area (Å²) >= 11 is 0. The van der Waals surface area contributed by atoms with Gasteiger partial charge in [-0.1, -0.05) is 13.8 Å². The average Bonchev–Trinajstić information content (AvgIpc) is 2.00. The molecule has 0 fully saturated rings. The minimum Gasteiger partial charge on any atom is -0.396 e. The van der Waals surface area contributed by atoms with Gasteiger partial charge in [0.05, 0.1) is 0 Å². The molecule has 0 saturated heterocycles. The molecule has 2 unspecified atom stereocenters. The largest absolute Gasteiger partial charge is 0.396 e. The van der Waals surface area contributed by atoms with Crippen LogP contribution in [0.1, 0.15) is 20.8 Å². The number of aliphatic hydroxyl groups is 1. The zero-order chi connectivity index (χ0) is 10.5. The van der Waals surface area contributed by atoms with Crippen molar-refractivity contribution in [2.75, 3.05) is 25.2 Å². The molecule has 13 heavy (non-hydrogen) atoms. The second-order valence-electron chi connectivity index (χ2n) is 4.34. The number of rotatable bonds is 6. The fourth-order valence-electron chi connectivity index (χ4n) is 0.917. The standard InChI is InChI=1S/C9H21NO2S/c1-8(5-13(4)12)10-6-9(2,3)7-11/h8,10-11H,5-7H2,1-4H3. The molecule has 0 aliphatic heterocycles. The Labute approximate surface area is 83.4 Å². The first-order chi connectivity index (χ1) is 5.87. The van der Waals surface area contributed by atoms with E-state index in [1.54, 1.807) is 6.26 Å². The molecular formula is C9H21NO2S. The van der Waals surface area contributed by atoms with Crippen LogP contribution in [-0.2, 0) is 10.8 Å². The van der Waals surface area contributed by atoms with Crippen molar-refractivity contribution < 1.29 is 9.32 Å². The van der Waals surface area contributed by atoms with E-state index < -0.39 is 10.8 Å². The Kier molecular flexibility index (Phi) is 5.76. The number of hydrogen-bond donors (Lipinski definition) is 2. The van der Waals surface area contributed by atoms with E-state index in [0.29, 0.717) is 5.75 Å². The van der Waals surface area contributed by atoms with Crippen molar-refractivity contribution >= 4 is 10.8 Å². The molecule has 2 N–H and O–H groups in total. The maximum absolute atomic E-state index is 10.9. The summed E-state index contributed by atoms with van der Waals surface area (Å²) < 4.78 is 10.9. The second-order valence-corrected chi connectivity index (χ2v) is 5.82. The third-order valence-electron chi connectivity index (χ3n) is 1.84. The van der Waals surface area contributed by atoms with E-state index >= 15 is 0 Å². The maximum Gasteiger partial charge on any atom is 0.0494 e. The molecule has 0 aliphatic rings. The van der Waals surface area contributed by atoms with Gasteiger partial charge < -0.3 is 10.4 Å². The Morgan fingerprint density at radius 3 is 2.46 bits per heavy atom. The SMILES string of the molecule is CC(CS(C)=O)NCC(C)(C)CO.